The third-order valence-electron chi connectivity index (χ3n) is 3.40. The number of nitrogens with one attached hydrogen (secondary N) is 2. The monoisotopic (exact) mass is 371 g/mol. The first-order valence-electron chi connectivity index (χ1n) is 7.00. The van der Waals surface area contributed by atoms with E-state index < -0.39 is 5.91 Å². The van der Waals surface area contributed by atoms with E-state index in [1.807, 2.05) is 42.5 Å². The van der Waals surface area contributed by atoms with Crippen molar-refractivity contribution in [3.8, 4) is 0 Å². The average molecular weight is 372 g/mol. The molecule has 1 amide bonds. The van der Waals surface area contributed by atoms with Gasteiger partial charge in [-0.2, -0.15) is 0 Å². The zero-order valence-corrected chi connectivity index (χ0v) is 13.7. The Morgan fingerprint density at radius 3 is 2.74 bits per heavy atom. The van der Waals surface area contributed by atoms with Crippen LogP contribution in [0.15, 0.2) is 53.0 Å². The minimum Gasteiger partial charge on any atom is -0.342 e. The number of carbonyl (C=O) groups is 1. The van der Waals surface area contributed by atoms with Gasteiger partial charge in [0.25, 0.3) is 5.91 Å². The molecule has 0 aliphatic carbocycles. The van der Waals surface area contributed by atoms with Crippen LogP contribution in [-0.4, -0.2) is 21.1 Å². The molecule has 0 fully saturated rings. The first-order valence-corrected chi connectivity index (χ1v) is 7.79. The second kappa shape index (κ2) is 6.76. The maximum atomic E-state index is 10.9. The van der Waals surface area contributed by atoms with Crippen LogP contribution in [0.5, 0.6) is 0 Å². The number of nitrogens with zero attached hydrogens (tertiary/aromatic N) is 1. The van der Waals surface area contributed by atoms with Gasteiger partial charge in [0, 0.05) is 17.0 Å². The van der Waals surface area contributed by atoms with Gasteiger partial charge in [0.1, 0.15) is 11.3 Å². The molecule has 1 aromatic heterocycles. The van der Waals surface area contributed by atoms with E-state index in [0.29, 0.717) is 6.42 Å². The van der Waals surface area contributed by atoms with Gasteiger partial charge in [-0.3, -0.25) is 10.0 Å². The Labute approximate surface area is 141 Å². The van der Waals surface area contributed by atoms with Gasteiger partial charge in [-0.15, -0.1) is 0 Å². The lowest BCUT2D eigenvalue weighted by molar-refractivity contribution is -0.124. The fourth-order valence-corrected chi connectivity index (χ4v) is 2.74. The third kappa shape index (κ3) is 3.67. The number of aromatic amines is 1. The van der Waals surface area contributed by atoms with Crippen molar-refractivity contribution in [2.24, 2.45) is 0 Å². The number of para-hydroxylation sites is 1. The minimum absolute atomic E-state index is 0.554. The molecular weight excluding hydrogens is 358 g/mol. The predicted molar refractivity (Wildman–Crippen MR) is 92.0 cm³/mol. The molecule has 0 spiro atoms. The molecule has 1 heterocycles. The summed E-state index contributed by atoms with van der Waals surface area (Å²) in [6.45, 7) is 0. The molecule has 0 saturated heterocycles. The fourth-order valence-electron chi connectivity index (χ4n) is 2.28. The van der Waals surface area contributed by atoms with Crippen molar-refractivity contribution >= 4 is 38.9 Å². The number of carbonyl (C=O) groups excluding carboxylic acids is 1. The smallest absolute Gasteiger partial charge is 0.267 e. The number of rotatable bonds is 4. The Morgan fingerprint density at radius 1 is 1.26 bits per heavy atom. The van der Waals surface area contributed by atoms with Gasteiger partial charge >= 0.3 is 0 Å². The highest BCUT2D eigenvalue weighted by Gasteiger charge is 2.06. The van der Waals surface area contributed by atoms with E-state index in [9.17, 15) is 4.79 Å². The topological polar surface area (TPSA) is 78.0 Å². The molecule has 0 radical (unpaired) electrons. The van der Waals surface area contributed by atoms with Crippen LogP contribution in [0.3, 0.4) is 0 Å². The van der Waals surface area contributed by atoms with Crippen LogP contribution in [0.25, 0.3) is 17.1 Å². The van der Waals surface area contributed by atoms with Crippen molar-refractivity contribution in [3.63, 3.8) is 0 Å². The largest absolute Gasteiger partial charge is 0.342 e. The van der Waals surface area contributed by atoms with Gasteiger partial charge in [0.2, 0.25) is 0 Å². The highest BCUT2D eigenvalue weighted by molar-refractivity contribution is 9.10. The van der Waals surface area contributed by atoms with E-state index in [-0.39, 0.29) is 0 Å². The second-order valence-electron chi connectivity index (χ2n) is 5.05. The molecule has 2 aromatic carbocycles. The number of hydroxylamine groups is 1. The maximum absolute atomic E-state index is 10.9. The molecule has 5 nitrogen and oxygen atoms in total. The van der Waals surface area contributed by atoms with E-state index in [1.54, 1.807) is 11.6 Å². The molecule has 0 aliphatic heterocycles. The van der Waals surface area contributed by atoms with E-state index in [4.69, 9.17) is 5.21 Å². The van der Waals surface area contributed by atoms with E-state index in [0.717, 1.165) is 32.5 Å². The Balaban J connectivity index is 1.76. The predicted octanol–water partition coefficient (Wildman–Crippen LogP) is 3.43. The summed E-state index contributed by atoms with van der Waals surface area (Å²) in [4.78, 5) is 18.9. The Morgan fingerprint density at radius 2 is 2.04 bits per heavy atom. The van der Waals surface area contributed by atoms with Gasteiger partial charge in [-0.1, -0.05) is 30.3 Å². The average Bonchev–Trinajstić information content (AvgIpc) is 2.98. The molecule has 23 heavy (non-hydrogen) atoms. The number of hydrogen-bond donors (Lipinski definition) is 3. The lowest BCUT2D eigenvalue weighted by Crippen LogP contribution is -2.14. The molecule has 0 bridgehead atoms. The molecule has 6 heteroatoms. The number of halogens is 1. The SMILES string of the molecule is O=C(/C=C/c1ccc(Cc2nc3c(Br)cccc3[nH]2)cc1)NO. The molecule has 3 aromatic rings. The summed E-state index contributed by atoms with van der Waals surface area (Å²) >= 11 is 3.50. The number of fused-ring (bicyclic) bond motifs is 1. The molecule has 0 unspecified atom stereocenters. The second-order valence-corrected chi connectivity index (χ2v) is 5.90. The summed E-state index contributed by atoms with van der Waals surface area (Å²) in [6, 6.07) is 13.7. The quantitative estimate of drug-likeness (QED) is 0.373. The number of benzene rings is 2. The third-order valence-corrected chi connectivity index (χ3v) is 4.04. The Hall–Kier alpha value is -2.44. The number of imidazole rings is 1. The normalized spacial score (nSPS) is 11.2. The summed E-state index contributed by atoms with van der Waals surface area (Å²) in [5, 5.41) is 8.44. The molecule has 0 aliphatic rings. The van der Waals surface area contributed by atoms with Crippen LogP contribution >= 0.6 is 15.9 Å². The van der Waals surface area contributed by atoms with Gasteiger partial charge in [0.05, 0.1) is 5.52 Å². The van der Waals surface area contributed by atoms with Crippen LogP contribution in [-0.2, 0) is 11.2 Å². The van der Waals surface area contributed by atoms with E-state index >= 15 is 0 Å². The molecule has 0 saturated carbocycles. The summed E-state index contributed by atoms with van der Waals surface area (Å²) in [5.41, 5.74) is 5.48. The first-order chi connectivity index (χ1) is 11.2. The standard InChI is InChI=1S/C17H14BrN3O2/c18-13-2-1-3-14-17(13)20-15(19-14)10-12-6-4-11(5-7-12)8-9-16(22)21-23/h1-9,23H,10H2,(H,19,20)(H,21,22)/b9-8+. The van der Waals surface area contributed by atoms with E-state index in [1.165, 1.54) is 6.08 Å². The number of H-pyrrole nitrogens is 1. The molecule has 0 atom stereocenters. The molecular formula is C17H14BrN3O2. The van der Waals surface area contributed by atoms with Gasteiger partial charge < -0.3 is 4.98 Å². The van der Waals surface area contributed by atoms with Crippen LogP contribution in [0.1, 0.15) is 17.0 Å². The van der Waals surface area contributed by atoms with E-state index in [2.05, 4.69) is 25.9 Å². The molecule has 3 rings (SSSR count). The minimum atomic E-state index is -0.554. The first kappa shape index (κ1) is 15.5. The zero-order chi connectivity index (χ0) is 16.2. The van der Waals surface area contributed by atoms with Crippen molar-refractivity contribution in [3.05, 3.63) is 70.0 Å². The van der Waals surface area contributed by atoms with Crippen molar-refractivity contribution in [2.75, 3.05) is 0 Å². The Bertz CT molecular complexity index is 869. The lowest BCUT2D eigenvalue weighted by atomic mass is 10.1. The molecule has 3 N–H and O–H groups in total. The van der Waals surface area contributed by atoms with Crippen molar-refractivity contribution in [2.45, 2.75) is 6.42 Å². The number of amides is 1. The number of aromatic nitrogens is 2. The van der Waals surface area contributed by atoms with Gasteiger partial charge in [-0.05, 0) is 45.3 Å². The number of hydrogen-bond acceptors (Lipinski definition) is 3. The highest BCUT2D eigenvalue weighted by Crippen LogP contribution is 2.22. The van der Waals surface area contributed by atoms with Gasteiger partial charge in [0.15, 0.2) is 0 Å². The van der Waals surface area contributed by atoms with Crippen LogP contribution in [0.2, 0.25) is 0 Å². The Kier molecular flexibility index (Phi) is 4.55. The van der Waals surface area contributed by atoms with Gasteiger partial charge in [-0.25, -0.2) is 10.5 Å². The maximum Gasteiger partial charge on any atom is 0.267 e. The van der Waals surface area contributed by atoms with Crippen LogP contribution in [0.4, 0.5) is 0 Å². The highest BCUT2D eigenvalue weighted by atomic mass is 79.9. The summed E-state index contributed by atoms with van der Waals surface area (Å²) in [7, 11) is 0. The van der Waals surface area contributed by atoms with Crippen molar-refractivity contribution in [1.82, 2.24) is 15.4 Å². The van der Waals surface area contributed by atoms with Crippen molar-refractivity contribution < 1.29 is 10.0 Å². The summed E-state index contributed by atoms with van der Waals surface area (Å²) in [5.74, 6) is 0.344. The zero-order valence-electron chi connectivity index (χ0n) is 12.1. The van der Waals surface area contributed by atoms with Crippen molar-refractivity contribution in [1.29, 1.82) is 0 Å². The van der Waals surface area contributed by atoms with Crippen LogP contribution in [0, 0.1) is 0 Å². The summed E-state index contributed by atoms with van der Waals surface area (Å²) < 4.78 is 0.972. The molecule has 116 valence electrons. The summed E-state index contributed by atoms with van der Waals surface area (Å²) in [6.07, 6.45) is 3.60. The fraction of sp³-hybridized carbons (Fsp3) is 0.0588. The lowest BCUT2D eigenvalue weighted by Gasteiger charge is -1.99. The van der Waals surface area contributed by atoms with Crippen LogP contribution < -0.4 is 5.48 Å².